The minimum atomic E-state index is -0.479. The highest BCUT2D eigenvalue weighted by Gasteiger charge is 2.15. The zero-order chi connectivity index (χ0) is 15.4. The van der Waals surface area contributed by atoms with E-state index in [9.17, 15) is 9.18 Å². The van der Waals surface area contributed by atoms with Crippen LogP contribution in [0.5, 0.6) is 0 Å². The van der Waals surface area contributed by atoms with Gasteiger partial charge in [0.1, 0.15) is 11.6 Å². The molecule has 1 heterocycles. The molecule has 0 aliphatic carbocycles. The van der Waals surface area contributed by atoms with Crippen LogP contribution < -0.4 is 5.32 Å². The van der Waals surface area contributed by atoms with Crippen LogP contribution in [-0.4, -0.2) is 15.7 Å². The number of nitrogens with zero attached hydrogens (tertiary/aromatic N) is 2. The number of anilines is 1. The number of nitrogens with one attached hydrogen (secondary N) is 1. The van der Waals surface area contributed by atoms with Crippen molar-refractivity contribution >= 4 is 23.3 Å². The van der Waals surface area contributed by atoms with Gasteiger partial charge < -0.3 is 5.32 Å². The molecule has 0 fully saturated rings. The van der Waals surface area contributed by atoms with Crippen LogP contribution in [0.15, 0.2) is 30.5 Å². The Hall–Kier alpha value is -1.88. The molecule has 1 aromatic carbocycles. The second-order valence-electron chi connectivity index (χ2n) is 4.84. The second kappa shape index (κ2) is 6.72. The number of rotatable bonds is 5. The largest absolute Gasteiger partial charge is 0.311 e. The van der Waals surface area contributed by atoms with Crippen molar-refractivity contribution < 1.29 is 9.18 Å². The molecule has 0 aliphatic rings. The molecular weight excluding hydrogens is 293 g/mol. The number of halogens is 2. The van der Waals surface area contributed by atoms with E-state index < -0.39 is 5.82 Å². The first-order valence-electron chi connectivity index (χ1n) is 6.79. The zero-order valence-corrected chi connectivity index (χ0v) is 12.7. The number of hydrogen-bond acceptors (Lipinski definition) is 2. The van der Waals surface area contributed by atoms with Gasteiger partial charge in [-0.3, -0.25) is 4.79 Å². The van der Waals surface area contributed by atoms with E-state index in [0.717, 1.165) is 6.42 Å². The Morgan fingerprint density at radius 3 is 2.90 bits per heavy atom. The molecule has 2 rings (SSSR count). The van der Waals surface area contributed by atoms with Gasteiger partial charge in [0.25, 0.3) is 0 Å². The van der Waals surface area contributed by atoms with Gasteiger partial charge >= 0.3 is 0 Å². The van der Waals surface area contributed by atoms with Crippen LogP contribution in [0.4, 0.5) is 10.2 Å². The number of benzene rings is 1. The zero-order valence-electron chi connectivity index (χ0n) is 11.9. The molecule has 0 radical (unpaired) electrons. The molecule has 0 spiro atoms. The summed E-state index contributed by atoms with van der Waals surface area (Å²) in [4.78, 5) is 12.1. The van der Waals surface area contributed by atoms with Gasteiger partial charge in [-0.05, 0) is 25.5 Å². The van der Waals surface area contributed by atoms with Crippen LogP contribution in [0.2, 0.25) is 5.02 Å². The smallest absolute Gasteiger partial charge is 0.230 e. The van der Waals surface area contributed by atoms with Gasteiger partial charge in [-0.15, -0.1) is 0 Å². The van der Waals surface area contributed by atoms with Crippen molar-refractivity contribution in [1.29, 1.82) is 0 Å². The maximum absolute atomic E-state index is 13.7. The third-order valence-corrected chi connectivity index (χ3v) is 3.70. The maximum Gasteiger partial charge on any atom is 0.230 e. The number of hydrogen-bond donors (Lipinski definition) is 1. The molecule has 4 nitrogen and oxygen atoms in total. The Labute approximate surface area is 127 Å². The molecule has 1 N–H and O–H groups in total. The van der Waals surface area contributed by atoms with Gasteiger partial charge in [-0.2, -0.15) is 5.10 Å². The molecule has 1 atom stereocenters. The molecule has 0 saturated heterocycles. The normalized spacial score (nSPS) is 12.2. The predicted molar refractivity (Wildman–Crippen MR) is 81.0 cm³/mol. The first-order chi connectivity index (χ1) is 10.0. The summed E-state index contributed by atoms with van der Waals surface area (Å²) in [5.41, 5.74) is 0.200. The number of carbonyl (C=O) groups is 1. The van der Waals surface area contributed by atoms with Gasteiger partial charge in [0.2, 0.25) is 5.91 Å². The molecule has 1 amide bonds. The fourth-order valence-electron chi connectivity index (χ4n) is 1.99. The van der Waals surface area contributed by atoms with Crippen molar-refractivity contribution in [1.82, 2.24) is 9.78 Å². The van der Waals surface area contributed by atoms with E-state index in [1.807, 2.05) is 13.8 Å². The monoisotopic (exact) mass is 309 g/mol. The van der Waals surface area contributed by atoms with Crippen molar-refractivity contribution in [3.63, 3.8) is 0 Å². The fraction of sp³-hybridized carbons (Fsp3) is 0.333. The average molecular weight is 310 g/mol. The van der Waals surface area contributed by atoms with E-state index in [1.165, 1.54) is 12.1 Å². The summed E-state index contributed by atoms with van der Waals surface area (Å²) in [6, 6.07) is 6.26. The predicted octanol–water partition coefficient (Wildman–Crippen LogP) is 3.83. The van der Waals surface area contributed by atoms with E-state index in [4.69, 9.17) is 11.6 Å². The number of aromatic nitrogens is 2. The molecule has 21 heavy (non-hydrogen) atoms. The Morgan fingerprint density at radius 1 is 1.48 bits per heavy atom. The van der Waals surface area contributed by atoms with Crippen molar-refractivity contribution in [2.45, 2.75) is 32.7 Å². The molecule has 6 heteroatoms. The van der Waals surface area contributed by atoms with Crippen LogP contribution in [-0.2, 0) is 11.2 Å². The summed E-state index contributed by atoms with van der Waals surface area (Å²) in [7, 11) is 0. The minimum Gasteiger partial charge on any atom is -0.311 e. The Balaban J connectivity index is 2.11. The van der Waals surface area contributed by atoms with Crippen LogP contribution in [0, 0.1) is 5.82 Å². The van der Waals surface area contributed by atoms with E-state index in [-0.39, 0.29) is 29.0 Å². The Bertz CT molecular complexity index is 621. The average Bonchev–Trinajstić information content (AvgIpc) is 2.90. The van der Waals surface area contributed by atoms with Crippen molar-refractivity contribution in [2.24, 2.45) is 0 Å². The molecule has 0 bridgehead atoms. The highest BCUT2D eigenvalue weighted by molar-refractivity contribution is 6.31. The quantitative estimate of drug-likeness (QED) is 0.912. The first-order valence-corrected chi connectivity index (χ1v) is 7.17. The summed E-state index contributed by atoms with van der Waals surface area (Å²) in [5.74, 6) is -0.207. The molecule has 2 aromatic rings. The fourth-order valence-corrected chi connectivity index (χ4v) is 2.22. The summed E-state index contributed by atoms with van der Waals surface area (Å²) in [6.07, 6.45) is 2.40. The Kier molecular flexibility index (Phi) is 4.96. The van der Waals surface area contributed by atoms with Crippen LogP contribution in [0.25, 0.3) is 0 Å². The Morgan fingerprint density at radius 2 is 2.24 bits per heavy atom. The van der Waals surface area contributed by atoms with Gasteiger partial charge in [-0.25, -0.2) is 9.07 Å². The molecule has 112 valence electrons. The summed E-state index contributed by atoms with van der Waals surface area (Å²) in [5, 5.41) is 7.18. The molecule has 1 aromatic heterocycles. The summed E-state index contributed by atoms with van der Waals surface area (Å²) in [6.45, 7) is 4.05. The van der Waals surface area contributed by atoms with Crippen molar-refractivity contribution in [3.05, 3.63) is 46.9 Å². The topological polar surface area (TPSA) is 46.9 Å². The van der Waals surface area contributed by atoms with E-state index in [2.05, 4.69) is 10.4 Å². The lowest BCUT2D eigenvalue weighted by Crippen LogP contribution is -2.19. The first kappa shape index (κ1) is 15.5. The van der Waals surface area contributed by atoms with Gasteiger partial charge in [0, 0.05) is 16.7 Å². The lowest BCUT2D eigenvalue weighted by atomic mass is 10.1. The summed E-state index contributed by atoms with van der Waals surface area (Å²) < 4.78 is 15.4. The van der Waals surface area contributed by atoms with Crippen molar-refractivity contribution in [3.8, 4) is 0 Å². The van der Waals surface area contributed by atoms with Crippen LogP contribution in [0.3, 0.4) is 0 Å². The highest BCUT2D eigenvalue weighted by Crippen LogP contribution is 2.21. The molecule has 1 unspecified atom stereocenters. The van der Waals surface area contributed by atoms with Crippen LogP contribution in [0.1, 0.15) is 31.9 Å². The van der Waals surface area contributed by atoms with Gasteiger partial charge in [0.05, 0.1) is 18.7 Å². The van der Waals surface area contributed by atoms with Crippen molar-refractivity contribution in [2.75, 3.05) is 5.32 Å². The molecular formula is C15H17ClFN3O. The maximum atomic E-state index is 13.7. The van der Waals surface area contributed by atoms with E-state index >= 15 is 0 Å². The molecule has 0 saturated carbocycles. The van der Waals surface area contributed by atoms with Gasteiger partial charge in [0.15, 0.2) is 0 Å². The van der Waals surface area contributed by atoms with Crippen LogP contribution >= 0.6 is 11.6 Å². The third-order valence-electron chi connectivity index (χ3n) is 3.35. The van der Waals surface area contributed by atoms with E-state index in [0.29, 0.717) is 5.82 Å². The standard InChI is InChI=1S/C15H17ClFN3O/c1-3-10(2)20-14(7-8-18-20)19-15(21)9-11-12(16)5-4-6-13(11)17/h4-8,10H,3,9H2,1-2H3,(H,19,21). The van der Waals surface area contributed by atoms with E-state index in [1.54, 1.807) is 23.0 Å². The number of carbonyl (C=O) groups excluding carboxylic acids is 1. The minimum absolute atomic E-state index is 0.114. The van der Waals surface area contributed by atoms with Gasteiger partial charge in [-0.1, -0.05) is 24.6 Å². The lowest BCUT2D eigenvalue weighted by molar-refractivity contribution is -0.115. The SMILES string of the molecule is CCC(C)n1nccc1NC(=O)Cc1c(F)cccc1Cl. The third kappa shape index (κ3) is 3.61. The molecule has 0 aliphatic heterocycles. The summed E-state index contributed by atoms with van der Waals surface area (Å²) >= 11 is 5.92. The second-order valence-corrected chi connectivity index (χ2v) is 5.25. The lowest BCUT2D eigenvalue weighted by Gasteiger charge is -2.14. The highest BCUT2D eigenvalue weighted by atomic mass is 35.5. The number of amides is 1.